The number of nitrogens with two attached hydrogens (primary N) is 1. The predicted octanol–water partition coefficient (Wildman–Crippen LogP) is 0.580. The van der Waals surface area contributed by atoms with Crippen LogP contribution in [0.2, 0.25) is 0 Å². The molecule has 0 aromatic heterocycles. The van der Waals surface area contributed by atoms with Gasteiger partial charge in [-0.1, -0.05) is 13.8 Å². The molecule has 0 spiro atoms. The molecule has 0 bridgehead atoms. The van der Waals surface area contributed by atoms with Gasteiger partial charge >= 0.3 is 0 Å². The van der Waals surface area contributed by atoms with E-state index < -0.39 is 18.1 Å². The molecule has 0 radical (unpaired) electrons. The Morgan fingerprint density at radius 1 is 1.36 bits per heavy atom. The van der Waals surface area contributed by atoms with Crippen molar-refractivity contribution in [3.05, 3.63) is 0 Å². The summed E-state index contributed by atoms with van der Waals surface area (Å²) in [5.41, 5.74) is 5.22. The number of aliphatic hydroxyl groups is 1. The number of hydrogen-bond donors (Lipinski definition) is 2. The molecular weight excluding hydrogens is 282 g/mol. The summed E-state index contributed by atoms with van der Waals surface area (Å²) in [4.78, 5) is 27.5. The first-order valence-corrected chi connectivity index (χ1v) is 8.08. The summed E-state index contributed by atoms with van der Waals surface area (Å²) in [6, 6.07) is -0.976. The van der Waals surface area contributed by atoms with Crippen molar-refractivity contribution >= 4 is 11.8 Å². The number of aliphatic hydroxyl groups excluding tert-OH is 1. The predicted molar refractivity (Wildman–Crippen MR) is 86.1 cm³/mol. The Bertz CT molecular complexity index is 411. The van der Waals surface area contributed by atoms with Gasteiger partial charge in [-0.05, 0) is 39.2 Å². The minimum atomic E-state index is -0.982. The van der Waals surface area contributed by atoms with Crippen molar-refractivity contribution in [1.82, 2.24) is 9.80 Å². The molecule has 3 atom stereocenters. The first kappa shape index (κ1) is 18.9. The molecule has 1 aliphatic heterocycles. The maximum absolute atomic E-state index is 12.0. The Labute approximate surface area is 133 Å². The van der Waals surface area contributed by atoms with Gasteiger partial charge in [0.1, 0.15) is 6.04 Å². The Kier molecular flexibility index (Phi) is 6.38. The van der Waals surface area contributed by atoms with Crippen molar-refractivity contribution in [1.29, 1.82) is 0 Å². The third-order valence-electron chi connectivity index (χ3n) is 4.49. The molecule has 1 fully saturated rings. The van der Waals surface area contributed by atoms with E-state index in [1.165, 1.54) is 18.7 Å². The number of amides is 2. The number of hydrogen-bond acceptors (Lipinski definition) is 4. The average Bonchev–Trinajstić information content (AvgIpc) is 2.68. The van der Waals surface area contributed by atoms with Crippen LogP contribution in [0.25, 0.3) is 0 Å². The SMILES string of the molecule is CC(=O)N(CC1(C)CCCN1CC(C)C)C(C(N)=O)C(C)O. The zero-order valence-corrected chi connectivity index (χ0v) is 14.5. The van der Waals surface area contributed by atoms with Gasteiger partial charge < -0.3 is 15.7 Å². The Morgan fingerprint density at radius 3 is 2.36 bits per heavy atom. The summed E-state index contributed by atoms with van der Waals surface area (Å²) in [6.45, 7) is 11.7. The second kappa shape index (κ2) is 7.42. The number of carbonyl (C=O) groups is 2. The minimum absolute atomic E-state index is 0.182. The number of nitrogens with zero attached hydrogens (tertiary/aromatic N) is 2. The zero-order valence-electron chi connectivity index (χ0n) is 14.5. The van der Waals surface area contributed by atoms with Gasteiger partial charge in [0.05, 0.1) is 6.10 Å². The molecule has 22 heavy (non-hydrogen) atoms. The van der Waals surface area contributed by atoms with Gasteiger partial charge in [-0.3, -0.25) is 14.5 Å². The van der Waals surface area contributed by atoms with E-state index in [0.717, 1.165) is 25.9 Å². The molecule has 3 unspecified atom stereocenters. The molecule has 0 aromatic rings. The van der Waals surface area contributed by atoms with E-state index in [2.05, 4.69) is 25.7 Å². The van der Waals surface area contributed by atoms with Crippen molar-refractivity contribution in [2.45, 2.75) is 65.1 Å². The summed E-state index contributed by atoms with van der Waals surface area (Å²) >= 11 is 0. The van der Waals surface area contributed by atoms with Crippen molar-refractivity contribution in [2.75, 3.05) is 19.6 Å². The lowest BCUT2D eigenvalue weighted by Crippen LogP contribution is -2.59. The summed E-state index contributed by atoms with van der Waals surface area (Å²) in [5, 5.41) is 9.86. The molecule has 0 saturated carbocycles. The molecule has 0 aromatic carbocycles. The number of primary amides is 1. The standard InChI is InChI=1S/C16H31N3O3/c1-11(2)9-18-8-6-7-16(18,5)10-19(13(4)21)14(12(3)20)15(17)22/h11-12,14,20H,6-10H2,1-5H3,(H2,17,22). The maximum atomic E-state index is 12.0. The smallest absolute Gasteiger partial charge is 0.242 e. The van der Waals surface area contributed by atoms with Crippen LogP contribution in [0.1, 0.15) is 47.5 Å². The molecular formula is C16H31N3O3. The van der Waals surface area contributed by atoms with Crippen molar-refractivity contribution in [3.63, 3.8) is 0 Å². The highest BCUT2D eigenvalue weighted by Gasteiger charge is 2.42. The van der Waals surface area contributed by atoms with Crippen molar-refractivity contribution in [3.8, 4) is 0 Å². The van der Waals surface area contributed by atoms with Crippen LogP contribution in [0.3, 0.4) is 0 Å². The van der Waals surface area contributed by atoms with Crippen molar-refractivity contribution in [2.24, 2.45) is 11.7 Å². The lowest BCUT2D eigenvalue weighted by Gasteiger charge is -2.42. The molecule has 1 heterocycles. The van der Waals surface area contributed by atoms with Gasteiger partial charge in [-0.2, -0.15) is 0 Å². The van der Waals surface area contributed by atoms with E-state index in [0.29, 0.717) is 12.5 Å². The summed E-state index contributed by atoms with van der Waals surface area (Å²) in [5.74, 6) is -0.364. The van der Waals surface area contributed by atoms with Crippen LogP contribution in [-0.2, 0) is 9.59 Å². The summed E-state index contributed by atoms with van der Waals surface area (Å²) in [7, 11) is 0. The van der Waals surface area contributed by atoms with E-state index >= 15 is 0 Å². The van der Waals surface area contributed by atoms with Gasteiger partial charge in [0.2, 0.25) is 11.8 Å². The van der Waals surface area contributed by atoms with E-state index in [1.54, 1.807) is 0 Å². The Balaban J connectivity index is 2.98. The second-order valence-electron chi connectivity index (χ2n) is 7.18. The molecule has 1 aliphatic rings. The van der Waals surface area contributed by atoms with Crippen LogP contribution in [-0.4, -0.2) is 64.0 Å². The highest BCUT2D eigenvalue weighted by molar-refractivity contribution is 5.86. The Morgan fingerprint density at radius 2 is 1.95 bits per heavy atom. The maximum Gasteiger partial charge on any atom is 0.242 e. The zero-order chi connectivity index (χ0) is 17.1. The Hall–Kier alpha value is -1.14. The molecule has 2 amide bonds. The van der Waals surface area contributed by atoms with Crippen LogP contribution >= 0.6 is 0 Å². The molecule has 1 rings (SSSR count). The fourth-order valence-electron chi connectivity index (χ4n) is 3.43. The topological polar surface area (TPSA) is 86.9 Å². The van der Waals surface area contributed by atoms with E-state index in [-0.39, 0.29) is 11.4 Å². The molecule has 3 N–H and O–H groups in total. The fraction of sp³-hybridized carbons (Fsp3) is 0.875. The first-order valence-electron chi connectivity index (χ1n) is 8.08. The largest absolute Gasteiger partial charge is 0.391 e. The van der Waals surface area contributed by atoms with Crippen molar-refractivity contribution < 1.29 is 14.7 Å². The highest BCUT2D eigenvalue weighted by Crippen LogP contribution is 2.31. The lowest BCUT2D eigenvalue weighted by atomic mass is 9.95. The van der Waals surface area contributed by atoms with E-state index in [1.807, 2.05) is 0 Å². The van der Waals surface area contributed by atoms with Gasteiger partial charge in [-0.15, -0.1) is 0 Å². The normalized spacial score (nSPS) is 25.2. The van der Waals surface area contributed by atoms with Crippen LogP contribution < -0.4 is 5.73 Å². The third kappa shape index (κ3) is 4.43. The monoisotopic (exact) mass is 313 g/mol. The average molecular weight is 313 g/mol. The lowest BCUT2D eigenvalue weighted by molar-refractivity contribution is -0.143. The van der Waals surface area contributed by atoms with Gasteiger partial charge in [0, 0.05) is 25.6 Å². The molecule has 1 saturated heterocycles. The number of likely N-dealkylation sites (tertiary alicyclic amines) is 1. The van der Waals surface area contributed by atoms with E-state index in [9.17, 15) is 14.7 Å². The minimum Gasteiger partial charge on any atom is -0.391 e. The highest BCUT2D eigenvalue weighted by atomic mass is 16.3. The first-order chi connectivity index (χ1) is 10.1. The van der Waals surface area contributed by atoms with Crippen LogP contribution in [0.4, 0.5) is 0 Å². The number of carbonyl (C=O) groups excluding carboxylic acids is 2. The quantitative estimate of drug-likeness (QED) is 0.720. The van der Waals surface area contributed by atoms with Gasteiger partial charge in [0.25, 0.3) is 0 Å². The fourth-order valence-corrected chi connectivity index (χ4v) is 3.43. The summed E-state index contributed by atoms with van der Waals surface area (Å²) in [6.07, 6.45) is 1.06. The molecule has 0 aliphatic carbocycles. The van der Waals surface area contributed by atoms with Crippen LogP contribution in [0.5, 0.6) is 0 Å². The number of rotatable bonds is 7. The van der Waals surface area contributed by atoms with Crippen LogP contribution in [0.15, 0.2) is 0 Å². The third-order valence-corrected chi connectivity index (χ3v) is 4.49. The van der Waals surface area contributed by atoms with Gasteiger partial charge in [0.15, 0.2) is 0 Å². The molecule has 128 valence electrons. The molecule has 6 nitrogen and oxygen atoms in total. The van der Waals surface area contributed by atoms with E-state index in [4.69, 9.17) is 5.73 Å². The molecule has 6 heteroatoms. The van der Waals surface area contributed by atoms with Crippen LogP contribution in [0, 0.1) is 5.92 Å². The summed E-state index contributed by atoms with van der Waals surface area (Å²) < 4.78 is 0. The second-order valence-corrected chi connectivity index (χ2v) is 7.18. The van der Waals surface area contributed by atoms with Gasteiger partial charge in [-0.25, -0.2) is 0 Å².